The first kappa shape index (κ1) is 34.7. The zero-order valence-corrected chi connectivity index (χ0v) is 28.6. The summed E-state index contributed by atoms with van der Waals surface area (Å²) < 4.78 is 141. The van der Waals surface area contributed by atoms with E-state index in [0.717, 1.165) is 12.1 Å². The Morgan fingerprint density at radius 2 is 1.40 bits per heavy atom. The molecule has 1 atom stereocenters. The maximum atomic E-state index is 13.7. The minimum Gasteiger partial charge on any atom is -0.744 e. The molecule has 1 aliphatic rings. The van der Waals surface area contributed by atoms with Crippen molar-refractivity contribution < 1.29 is 111 Å². The second kappa shape index (κ2) is 12.0. The van der Waals surface area contributed by atoms with E-state index < -0.39 is 74.0 Å². The Morgan fingerprint density at radius 1 is 0.810 bits per heavy atom. The van der Waals surface area contributed by atoms with Gasteiger partial charge in [-0.2, -0.15) is 16.8 Å². The van der Waals surface area contributed by atoms with Gasteiger partial charge in [-0.05, 0) is 36.4 Å². The second-order valence-electron chi connectivity index (χ2n) is 8.11. The number of aromatic nitrogens is 2. The van der Waals surface area contributed by atoms with E-state index in [9.17, 15) is 47.3 Å². The van der Waals surface area contributed by atoms with Crippen LogP contribution in [0.2, 0.25) is 0 Å². The van der Waals surface area contributed by atoms with Gasteiger partial charge in [0.1, 0.15) is 31.3 Å². The number of anilines is 2. The van der Waals surface area contributed by atoms with E-state index in [4.69, 9.17) is 4.18 Å². The van der Waals surface area contributed by atoms with Gasteiger partial charge in [0.25, 0.3) is 10.1 Å². The van der Waals surface area contributed by atoms with Gasteiger partial charge in [-0.3, -0.25) is 4.55 Å². The number of hydrogen-bond donors (Lipinski definition) is 2. The van der Waals surface area contributed by atoms with Crippen LogP contribution in [-0.2, 0) is 40.8 Å². The number of imidazole rings is 1. The average Bonchev–Trinajstić information content (AvgIpc) is 3.42. The van der Waals surface area contributed by atoms with Crippen LogP contribution in [0.15, 0.2) is 76.5 Å². The molecule has 1 aliphatic heterocycles. The number of aromatic amines is 1. The molecule has 1 aromatic heterocycles. The van der Waals surface area contributed by atoms with Crippen molar-refractivity contribution in [2.75, 3.05) is 8.61 Å². The van der Waals surface area contributed by atoms with Gasteiger partial charge < -0.3 is 18.3 Å². The topological polar surface area (TPSA) is 247 Å². The number of fused-ring (bicyclic) bond motifs is 2. The summed E-state index contributed by atoms with van der Waals surface area (Å²) in [6.45, 7) is 0. The quantitative estimate of drug-likeness (QED) is 0.137. The molecule has 212 valence electrons. The number of para-hydroxylation sites is 3. The Bertz CT molecular complexity index is 2080. The molecule has 0 amide bonds. The summed E-state index contributed by atoms with van der Waals surface area (Å²) in [4.78, 5) is 3.33. The minimum absolute atomic E-state index is 0. The van der Waals surface area contributed by atoms with Crippen molar-refractivity contribution in [3.05, 3.63) is 72.6 Å². The molecule has 0 spiro atoms. The number of H-pyrrole nitrogens is 1. The molecule has 42 heavy (non-hydrogen) atoms. The van der Waals surface area contributed by atoms with Crippen molar-refractivity contribution in [2.45, 2.75) is 16.0 Å². The Kier molecular flexibility index (Phi) is 9.87. The van der Waals surface area contributed by atoms with Crippen LogP contribution in [0.5, 0.6) is 5.75 Å². The maximum absolute atomic E-state index is 13.7. The van der Waals surface area contributed by atoms with Crippen LogP contribution >= 0.6 is 0 Å². The van der Waals surface area contributed by atoms with Gasteiger partial charge in [-0.1, -0.05) is 30.3 Å². The minimum atomic E-state index is -6.01. The number of benzene rings is 3. The normalized spacial score (nSPS) is 15.5. The summed E-state index contributed by atoms with van der Waals surface area (Å²) >= 11 is 0. The summed E-state index contributed by atoms with van der Waals surface area (Å²) in [5.41, 5.74) is -2.02. The third-order valence-corrected chi connectivity index (χ3v) is 9.67. The van der Waals surface area contributed by atoms with Gasteiger partial charge >= 0.3 is 69.4 Å². The maximum Gasteiger partial charge on any atom is 1.00 e. The van der Waals surface area contributed by atoms with E-state index in [-0.39, 0.29) is 84.5 Å². The van der Waals surface area contributed by atoms with Crippen LogP contribution in [-0.4, -0.2) is 57.3 Å². The average molecular weight is 677 g/mol. The van der Waals surface area contributed by atoms with Gasteiger partial charge in [-0.15, -0.1) is 0 Å². The SMILES string of the molecule is O=S(=O)([O-])c1c(S(=O)(=O)O)ccc2c1N(S(=O)(=O)Oc1ccccc1)C(c1nc3ccccc3[nH]1)N2S(=O)(=O)[O-].[Na+].[Na+]. The number of nitrogens with one attached hydrogen (secondary N) is 1. The second-order valence-corrected chi connectivity index (χ2v) is 13.5. The number of rotatable bonds is 7. The summed E-state index contributed by atoms with van der Waals surface area (Å²) in [5, 5.41) is 0. The molecule has 0 radical (unpaired) electrons. The summed E-state index contributed by atoms with van der Waals surface area (Å²) in [7, 11) is -22.8. The molecule has 16 nitrogen and oxygen atoms in total. The largest absolute Gasteiger partial charge is 1.00 e. The Balaban J connectivity index is 0.00000242. The predicted octanol–water partition coefficient (Wildman–Crippen LogP) is -5.17. The van der Waals surface area contributed by atoms with Crippen LogP contribution < -0.4 is 71.9 Å². The first-order valence-corrected chi connectivity index (χ1v) is 16.2. The summed E-state index contributed by atoms with van der Waals surface area (Å²) in [6.07, 6.45) is -2.38. The van der Waals surface area contributed by atoms with Crippen molar-refractivity contribution in [2.24, 2.45) is 0 Å². The van der Waals surface area contributed by atoms with E-state index in [1.165, 1.54) is 36.4 Å². The molecule has 1 unspecified atom stereocenters. The molecule has 4 aromatic rings. The van der Waals surface area contributed by atoms with E-state index in [1.54, 1.807) is 6.07 Å². The standard InChI is InChI=1S/C20H16N4O12S4.2Na/c25-37(26,27)16-11-10-15-17(18(16)38(28,29)30)24(40(34,35)36-12-6-2-1-3-7-12)20(23(15)39(31,32)33)19-21-13-8-4-5-9-14(13)22-19;;/h1-11,20H,(H,21,22)(H,25,26,27)(H,28,29,30)(H,31,32,33);;/q;2*+1/p-2. The van der Waals surface area contributed by atoms with E-state index in [1.807, 2.05) is 0 Å². The summed E-state index contributed by atoms with van der Waals surface area (Å²) in [5.74, 6) is -0.923. The molecule has 0 saturated heterocycles. The van der Waals surface area contributed by atoms with E-state index >= 15 is 0 Å². The number of nitrogens with zero attached hydrogens (tertiary/aromatic N) is 3. The van der Waals surface area contributed by atoms with Crippen molar-refractivity contribution in [3.8, 4) is 5.75 Å². The molecule has 0 bridgehead atoms. The number of hydrogen-bond acceptors (Lipinski definition) is 12. The fourth-order valence-electron chi connectivity index (χ4n) is 4.16. The first-order chi connectivity index (χ1) is 18.5. The van der Waals surface area contributed by atoms with Crippen molar-refractivity contribution >= 4 is 63.3 Å². The van der Waals surface area contributed by atoms with Crippen LogP contribution in [0.4, 0.5) is 11.4 Å². The first-order valence-electron chi connectivity index (χ1n) is 10.6. The fourth-order valence-corrected chi connectivity index (χ4v) is 8.33. The van der Waals surface area contributed by atoms with Crippen LogP contribution in [0.3, 0.4) is 0 Å². The molecular formula is C20H14N4Na2O12S4. The van der Waals surface area contributed by atoms with Crippen molar-refractivity contribution in [1.29, 1.82) is 0 Å². The van der Waals surface area contributed by atoms with Crippen molar-refractivity contribution in [1.82, 2.24) is 9.97 Å². The third-order valence-electron chi connectivity index (χ3n) is 5.58. The molecule has 2 N–H and O–H groups in total. The van der Waals surface area contributed by atoms with E-state index in [2.05, 4.69) is 9.97 Å². The van der Waals surface area contributed by atoms with E-state index in [0.29, 0.717) is 12.1 Å². The Hall–Kier alpha value is -1.79. The van der Waals surface area contributed by atoms with Crippen molar-refractivity contribution in [3.63, 3.8) is 0 Å². The fraction of sp³-hybridized carbons (Fsp3) is 0.0500. The zero-order chi connectivity index (χ0) is 29.3. The molecule has 5 rings (SSSR count). The van der Waals surface area contributed by atoms with Gasteiger partial charge in [0.15, 0.2) is 22.3 Å². The molecular weight excluding hydrogens is 662 g/mol. The predicted molar refractivity (Wildman–Crippen MR) is 134 cm³/mol. The molecule has 0 fully saturated rings. The molecule has 3 aromatic carbocycles. The van der Waals surface area contributed by atoms with Gasteiger partial charge in [0, 0.05) is 0 Å². The summed E-state index contributed by atoms with van der Waals surface area (Å²) in [6, 6.07) is 13.4. The van der Waals surface area contributed by atoms with Crippen LogP contribution in [0.1, 0.15) is 12.0 Å². The molecule has 2 heterocycles. The van der Waals surface area contributed by atoms with Gasteiger partial charge in [0.2, 0.25) is 0 Å². The zero-order valence-electron chi connectivity index (χ0n) is 21.3. The smallest absolute Gasteiger partial charge is 0.744 e. The van der Waals surface area contributed by atoms with Gasteiger partial charge in [0.05, 0.1) is 16.7 Å². The monoisotopic (exact) mass is 676 g/mol. The Morgan fingerprint density at radius 3 is 1.95 bits per heavy atom. The molecule has 0 saturated carbocycles. The molecule has 22 heteroatoms. The molecule has 0 aliphatic carbocycles. The van der Waals surface area contributed by atoms with Crippen LogP contribution in [0, 0.1) is 0 Å². The van der Waals surface area contributed by atoms with Gasteiger partial charge in [-0.25, -0.2) is 30.4 Å². The van der Waals surface area contributed by atoms with Crippen LogP contribution in [0.25, 0.3) is 11.0 Å². The third kappa shape index (κ3) is 6.36. The Labute approximate surface area is 283 Å².